The second kappa shape index (κ2) is 7.43. The van der Waals surface area contributed by atoms with Crippen molar-refractivity contribution < 1.29 is 9.59 Å². The quantitative estimate of drug-likeness (QED) is 0.910. The molecule has 1 aromatic carbocycles. The van der Waals surface area contributed by atoms with Gasteiger partial charge in [0.05, 0.1) is 5.69 Å². The summed E-state index contributed by atoms with van der Waals surface area (Å²) in [6, 6.07) is 5.78. The molecular formula is C19H25N3O2. The molecule has 0 radical (unpaired) electrons. The lowest BCUT2D eigenvalue weighted by molar-refractivity contribution is -0.116. The van der Waals surface area contributed by atoms with E-state index < -0.39 is 0 Å². The number of benzene rings is 1. The zero-order valence-corrected chi connectivity index (χ0v) is 15.1. The van der Waals surface area contributed by atoms with E-state index in [4.69, 9.17) is 0 Å². The normalized spacial score (nSPS) is 10.7. The minimum absolute atomic E-state index is 0.141. The topological polar surface area (TPSA) is 64.0 Å². The molecule has 0 saturated heterocycles. The van der Waals surface area contributed by atoms with E-state index in [1.807, 2.05) is 52.8 Å². The highest BCUT2D eigenvalue weighted by Crippen LogP contribution is 2.16. The molecule has 2 rings (SSSR count). The molecule has 0 aliphatic heterocycles. The number of hydrogen-bond acceptors (Lipinski definition) is 3. The summed E-state index contributed by atoms with van der Waals surface area (Å²) in [7, 11) is 0. The van der Waals surface area contributed by atoms with Crippen LogP contribution in [0.15, 0.2) is 18.2 Å². The molecule has 128 valence electrons. The predicted octanol–water partition coefficient (Wildman–Crippen LogP) is 3.74. The maximum atomic E-state index is 12.3. The average Bonchev–Trinajstić information content (AvgIpc) is 2.83. The van der Waals surface area contributed by atoms with Crippen molar-refractivity contribution in [2.75, 3.05) is 5.32 Å². The van der Waals surface area contributed by atoms with Gasteiger partial charge in [-0.1, -0.05) is 13.0 Å². The Morgan fingerprint density at radius 2 is 1.79 bits per heavy atom. The third kappa shape index (κ3) is 3.91. The van der Waals surface area contributed by atoms with Gasteiger partial charge in [0, 0.05) is 24.2 Å². The van der Waals surface area contributed by atoms with Gasteiger partial charge in [-0.2, -0.15) is 5.10 Å². The minimum Gasteiger partial charge on any atom is -0.326 e. The summed E-state index contributed by atoms with van der Waals surface area (Å²) >= 11 is 0. The monoisotopic (exact) mass is 327 g/mol. The Kier molecular flexibility index (Phi) is 5.54. The van der Waals surface area contributed by atoms with E-state index in [9.17, 15) is 9.59 Å². The lowest BCUT2D eigenvalue weighted by Gasteiger charge is -2.08. The fraction of sp³-hybridized carbons (Fsp3) is 0.421. The number of nitrogens with one attached hydrogen (secondary N) is 1. The van der Waals surface area contributed by atoms with Crippen LogP contribution >= 0.6 is 0 Å². The fourth-order valence-electron chi connectivity index (χ4n) is 2.80. The molecule has 0 fully saturated rings. The van der Waals surface area contributed by atoms with Gasteiger partial charge < -0.3 is 5.32 Å². The zero-order valence-electron chi connectivity index (χ0n) is 15.1. The summed E-state index contributed by atoms with van der Waals surface area (Å²) in [5.74, 6) is -0.311. The van der Waals surface area contributed by atoms with Crippen LogP contribution < -0.4 is 5.32 Å². The number of aryl methyl sites for hydroxylation is 3. The van der Waals surface area contributed by atoms with Crippen LogP contribution in [0, 0.1) is 27.7 Å². The number of rotatable bonds is 5. The maximum absolute atomic E-state index is 12.3. The number of anilines is 1. The molecule has 24 heavy (non-hydrogen) atoms. The van der Waals surface area contributed by atoms with E-state index in [1.165, 1.54) is 10.2 Å². The van der Waals surface area contributed by atoms with Gasteiger partial charge in [-0.25, -0.2) is 4.68 Å². The molecule has 5 heteroatoms. The van der Waals surface area contributed by atoms with Crippen molar-refractivity contribution in [1.82, 2.24) is 9.78 Å². The highest BCUT2D eigenvalue weighted by atomic mass is 16.2. The van der Waals surface area contributed by atoms with Gasteiger partial charge in [0.25, 0.3) is 0 Å². The molecular weight excluding hydrogens is 302 g/mol. The molecule has 0 atom stereocenters. The number of carbonyl (C=O) groups excluding carboxylic acids is 2. The number of carbonyl (C=O) groups is 2. The summed E-state index contributed by atoms with van der Waals surface area (Å²) in [5, 5.41) is 7.14. The third-order valence-electron chi connectivity index (χ3n) is 4.39. The molecule has 1 heterocycles. The van der Waals surface area contributed by atoms with E-state index in [-0.39, 0.29) is 24.7 Å². The van der Waals surface area contributed by atoms with Crippen molar-refractivity contribution >= 4 is 17.5 Å². The van der Waals surface area contributed by atoms with Crippen molar-refractivity contribution in [3.05, 3.63) is 46.3 Å². The van der Waals surface area contributed by atoms with E-state index >= 15 is 0 Å². The van der Waals surface area contributed by atoms with E-state index in [1.54, 1.807) is 0 Å². The Morgan fingerprint density at radius 3 is 2.38 bits per heavy atom. The molecule has 1 N–H and O–H groups in total. The van der Waals surface area contributed by atoms with Crippen molar-refractivity contribution in [1.29, 1.82) is 0 Å². The van der Waals surface area contributed by atoms with Crippen LogP contribution in [0.5, 0.6) is 0 Å². The van der Waals surface area contributed by atoms with E-state index in [0.29, 0.717) is 0 Å². The van der Waals surface area contributed by atoms with Gasteiger partial charge in [-0.15, -0.1) is 0 Å². The first kappa shape index (κ1) is 17.9. The largest absolute Gasteiger partial charge is 0.326 e. The van der Waals surface area contributed by atoms with Crippen molar-refractivity contribution in [3.63, 3.8) is 0 Å². The molecule has 2 aromatic rings. The standard InChI is InChI=1S/C19H25N3O2/c1-6-17-14(4)21-22(15(17)5)19(24)10-9-18(23)20-16-8-7-12(2)13(3)11-16/h7-8,11H,6,9-10H2,1-5H3,(H,20,23). The maximum Gasteiger partial charge on any atom is 0.247 e. The second-order valence-electron chi connectivity index (χ2n) is 6.16. The average molecular weight is 327 g/mol. The van der Waals surface area contributed by atoms with Crippen molar-refractivity contribution in [3.8, 4) is 0 Å². The van der Waals surface area contributed by atoms with Crippen LogP contribution in [-0.4, -0.2) is 21.6 Å². The van der Waals surface area contributed by atoms with Gasteiger partial charge >= 0.3 is 0 Å². The van der Waals surface area contributed by atoms with Gasteiger partial charge in [-0.05, 0) is 62.9 Å². The highest BCUT2D eigenvalue weighted by Gasteiger charge is 2.16. The minimum atomic E-state index is -0.163. The summed E-state index contributed by atoms with van der Waals surface area (Å²) < 4.78 is 1.43. The number of nitrogens with zero attached hydrogens (tertiary/aromatic N) is 2. The third-order valence-corrected chi connectivity index (χ3v) is 4.39. The Labute approximate surface area is 143 Å². The first-order valence-corrected chi connectivity index (χ1v) is 8.28. The highest BCUT2D eigenvalue weighted by molar-refractivity contribution is 5.93. The van der Waals surface area contributed by atoms with Crippen LogP contribution in [0.2, 0.25) is 0 Å². The molecule has 1 amide bonds. The molecule has 0 bridgehead atoms. The lowest BCUT2D eigenvalue weighted by atomic mass is 10.1. The summed E-state index contributed by atoms with van der Waals surface area (Å²) in [4.78, 5) is 24.4. The van der Waals surface area contributed by atoms with Gasteiger partial charge in [0.15, 0.2) is 0 Å². The Balaban J connectivity index is 1.96. The number of amides is 1. The molecule has 0 saturated carbocycles. The Bertz CT molecular complexity index is 775. The zero-order chi connectivity index (χ0) is 17.9. The molecule has 0 aliphatic rings. The fourth-order valence-corrected chi connectivity index (χ4v) is 2.80. The summed E-state index contributed by atoms with van der Waals surface area (Å²) in [5.41, 5.74) is 5.91. The van der Waals surface area contributed by atoms with Crippen LogP contribution in [-0.2, 0) is 11.2 Å². The summed E-state index contributed by atoms with van der Waals surface area (Å²) in [6.45, 7) is 9.87. The summed E-state index contributed by atoms with van der Waals surface area (Å²) in [6.07, 6.45) is 1.13. The molecule has 0 unspecified atom stereocenters. The SMILES string of the molecule is CCc1c(C)nn(C(=O)CCC(=O)Nc2ccc(C)c(C)c2)c1C. The van der Waals surface area contributed by atoms with E-state index in [2.05, 4.69) is 10.4 Å². The smallest absolute Gasteiger partial charge is 0.247 e. The molecule has 5 nitrogen and oxygen atoms in total. The van der Waals surface area contributed by atoms with Gasteiger partial charge in [0.2, 0.25) is 11.8 Å². The van der Waals surface area contributed by atoms with Crippen LogP contribution in [0.1, 0.15) is 52.6 Å². The van der Waals surface area contributed by atoms with Crippen LogP contribution in [0.4, 0.5) is 5.69 Å². The first-order valence-electron chi connectivity index (χ1n) is 8.28. The van der Waals surface area contributed by atoms with Gasteiger partial charge in [-0.3, -0.25) is 9.59 Å². The Hall–Kier alpha value is -2.43. The second-order valence-corrected chi connectivity index (χ2v) is 6.16. The molecule has 1 aromatic heterocycles. The first-order chi connectivity index (χ1) is 11.3. The van der Waals surface area contributed by atoms with Crippen LogP contribution in [0.3, 0.4) is 0 Å². The Morgan fingerprint density at radius 1 is 1.08 bits per heavy atom. The van der Waals surface area contributed by atoms with E-state index in [0.717, 1.165) is 34.6 Å². The number of aromatic nitrogens is 2. The van der Waals surface area contributed by atoms with Gasteiger partial charge in [0.1, 0.15) is 0 Å². The molecule has 0 spiro atoms. The molecule has 0 aliphatic carbocycles. The van der Waals surface area contributed by atoms with Crippen molar-refractivity contribution in [2.24, 2.45) is 0 Å². The number of hydrogen-bond donors (Lipinski definition) is 1. The lowest BCUT2D eigenvalue weighted by Crippen LogP contribution is -2.18. The van der Waals surface area contributed by atoms with Crippen LogP contribution in [0.25, 0.3) is 0 Å². The predicted molar refractivity (Wildman–Crippen MR) is 95.5 cm³/mol. The van der Waals surface area contributed by atoms with Crippen molar-refractivity contribution in [2.45, 2.75) is 53.9 Å².